The number of halogens is 1. The van der Waals surface area contributed by atoms with Crippen LogP contribution in [0, 0.1) is 12.3 Å². The Morgan fingerprint density at radius 1 is 1.48 bits per heavy atom. The monoisotopic (exact) mass is 310 g/mol. The molecule has 0 aromatic heterocycles. The number of likely N-dealkylation sites (tertiary alicyclic amines) is 1. The average Bonchev–Trinajstić information content (AvgIpc) is 2.76. The minimum absolute atomic E-state index is 0.174. The molecule has 2 N–H and O–H groups in total. The number of rotatable bonds is 4. The molecule has 0 bridgehead atoms. The first-order valence-electron chi connectivity index (χ1n) is 6.82. The number of carbonyl (C=O) groups is 2. The first kappa shape index (κ1) is 15.8. The molecule has 1 aliphatic rings. The van der Waals surface area contributed by atoms with Crippen LogP contribution in [0.1, 0.15) is 18.9 Å². The van der Waals surface area contributed by atoms with E-state index in [2.05, 4.69) is 5.32 Å². The van der Waals surface area contributed by atoms with Crippen molar-refractivity contribution in [3.8, 4) is 0 Å². The molecule has 1 fully saturated rings. The van der Waals surface area contributed by atoms with Crippen molar-refractivity contribution in [2.75, 3.05) is 25.0 Å². The highest BCUT2D eigenvalue weighted by Gasteiger charge is 2.40. The number of anilines is 1. The number of aliphatic carboxylic acids is 1. The van der Waals surface area contributed by atoms with Gasteiger partial charge in [0, 0.05) is 6.54 Å². The topological polar surface area (TPSA) is 69.6 Å². The van der Waals surface area contributed by atoms with Gasteiger partial charge in [0.1, 0.15) is 0 Å². The zero-order valence-electron chi connectivity index (χ0n) is 12.1. The van der Waals surface area contributed by atoms with E-state index in [-0.39, 0.29) is 12.5 Å². The van der Waals surface area contributed by atoms with Crippen molar-refractivity contribution in [1.29, 1.82) is 0 Å². The highest BCUT2D eigenvalue weighted by atomic mass is 35.5. The van der Waals surface area contributed by atoms with Gasteiger partial charge in [0.15, 0.2) is 0 Å². The Kier molecular flexibility index (Phi) is 4.54. The number of hydrogen-bond donors (Lipinski definition) is 2. The third-order valence-electron chi connectivity index (χ3n) is 3.83. The van der Waals surface area contributed by atoms with Gasteiger partial charge in [-0.25, -0.2) is 0 Å². The summed E-state index contributed by atoms with van der Waals surface area (Å²) in [7, 11) is 0. The molecule has 1 unspecified atom stereocenters. The second-order valence-electron chi connectivity index (χ2n) is 5.86. The number of carbonyl (C=O) groups excluding carboxylic acids is 1. The smallest absolute Gasteiger partial charge is 0.310 e. The van der Waals surface area contributed by atoms with Gasteiger partial charge in [-0.15, -0.1) is 0 Å². The van der Waals surface area contributed by atoms with Crippen LogP contribution in [0.25, 0.3) is 0 Å². The van der Waals surface area contributed by atoms with Gasteiger partial charge < -0.3 is 10.4 Å². The molecular formula is C15H19ClN2O3. The van der Waals surface area contributed by atoms with E-state index >= 15 is 0 Å². The lowest BCUT2D eigenvalue weighted by Gasteiger charge is -2.19. The zero-order chi connectivity index (χ0) is 15.6. The van der Waals surface area contributed by atoms with Crippen LogP contribution in [-0.4, -0.2) is 41.5 Å². The summed E-state index contributed by atoms with van der Waals surface area (Å²) in [5.74, 6) is -0.998. The minimum Gasteiger partial charge on any atom is -0.481 e. The molecule has 1 aliphatic heterocycles. The number of hydrogen-bond acceptors (Lipinski definition) is 3. The molecule has 1 amide bonds. The van der Waals surface area contributed by atoms with Gasteiger partial charge >= 0.3 is 5.97 Å². The predicted octanol–water partition coefficient (Wildman–Crippen LogP) is 2.38. The molecule has 0 saturated carbocycles. The number of amides is 1. The minimum atomic E-state index is -0.813. The average molecular weight is 311 g/mol. The molecule has 1 heterocycles. The summed E-state index contributed by atoms with van der Waals surface area (Å²) in [6.45, 7) is 4.81. The maximum Gasteiger partial charge on any atom is 0.310 e. The van der Waals surface area contributed by atoms with Crippen molar-refractivity contribution < 1.29 is 14.7 Å². The highest BCUT2D eigenvalue weighted by molar-refractivity contribution is 6.33. The van der Waals surface area contributed by atoms with Crippen LogP contribution in [-0.2, 0) is 9.59 Å². The Morgan fingerprint density at radius 3 is 2.76 bits per heavy atom. The van der Waals surface area contributed by atoms with Crippen LogP contribution in [0.3, 0.4) is 0 Å². The summed E-state index contributed by atoms with van der Waals surface area (Å²) in [6.07, 6.45) is 0.556. The summed E-state index contributed by atoms with van der Waals surface area (Å²) in [5, 5.41) is 12.4. The number of nitrogens with one attached hydrogen (secondary N) is 1. The fraction of sp³-hybridized carbons (Fsp3) is 0.467. The molecule has 1 saturated heterocycles. The van der Waals surface area contributed by atoms with Gasteiger partial charge in [0.25, 0.3) is 0 Å². The number of nitrogens with zero attached hydrogens (tertiary/aromatic N) is 1. The van der Waals surface area contributed by atoms with Crippen LogP contribution in [0.2, 0.25) is 5.02 Å². The molecule has 114 valence electrons. The molecule has 2 rings (SSSR count). The van der Waals surface area contributed by atoms with Crippen molar-refractivity contribution in [3.63, 3.8) is 0 Å². The number of carboxylic acids is 1. The summed E-state index contributed by atoms with van der Waals surface area (Å²) in [4.78, 5) is 25.1. The molecule has 1 aromatic carbocycles. The molecule has 0 spiro atoms. The van der Waals surface area contributed by atoms with E-state index in [1.165, 1.54) is 0 Å². The molecule has 1 atom stereocenters. The molecule has 1 aromatic rings. The summed E-state index contributed by atoms with van der Waals surface area (Å²) in [6, 6.07) is 5.42. The molecule has 0 aliphatic carbocycles. The number of carboxylic acid groups (broad SMARTS) is 1. The fourth-order valence-electron chi connectivity index (χ4n) is 2.48. The zero-order valence-corrected chi connectivity index (χ0v) is 12.9. The Labute approximate surface area is 128 Å². The lowest BCUT2D eigenvalue weighted by atomic mass is 9.90. The van der Waals surface area contributed by atoms with Gasteiger partial charge in [-0.3, -0.25) is 14.5 Å². The Morgan fingerprint density at radius 2 is 2.19 bits per heavy atom. The lowest BCUT2D eigenvalue weighted by Crippen LogP contribution is -2.35. The van der Waals surface area contributed by atoms with Gasteiger partial charge in [-0.05, 0) is 44.5 Å². The predicted molar refractivity (Wildman–Crippen MR) is 81.6 cm³/mol. The van der Waals surface area contributed by atoms with E-state index < -0.39 is 11.4 Å². The van der Waals surface area contributed by atoms with E-state index in [0.29, 0.717) is 30.2 Å². The van der Waals surface area contributed by atoms with Crippen LogP contribution < -0.4 is 5.32 Å². The SMILES string of the molecule is Cc1ccc(NC(=O)CN2CCC(C)(C(=O)O)C2)c(Cl)c1. The standard InChI is InChI=1S/C15H19ClN2O3/c1-10-3-4-12(11(16)7-10)17-13(19)8-18-6-5-15(2,9-18)14(20)21/h3-4,7H,5-6,8-9H2,1-2H3,(H,17,19)(H,20,21). The Balaban J connectivity index is 1.93. The van der Waals surface area contributed by atoms with E-state index in [1.54, 1.807) is 19.1 Å². The van der Waals surface area contributed by atoms with E-state index in [4.69, 9.17) is 11.6 Å². The number of benzene rings is 1. The molecule has 5 nitrogen and oxygen atoms in total. The summed E-state index contributed by atoms with van der Waals surface area (Å²) in [5.41, 5.74) is 0.837. The van der Waals surface area contributed by atoms with Crippen LogP contribution in [0.4, 0.5) is 5.69 Å². The largest absolute Gasteiger partial charge is 0.481 e. The van der Waals surface area contributed by atoms with Crippen LogP contribution in [0.5, 0.6) is 0 Å². The van der Waals surface area contributed by atoms with Gasteiger partial charge in [-0.1, -0.05) is 17.7 Å². The third-order valence-corrected chi connectivity index (χ3v) is 4.15. The Hall–Kier alpha value is -1.59. The van der Waals surface area contributed by atoms with Gasteiger partial charge in [0.05, 0.1) is 22.7 Å². The lowest BCUT2D eigenvalue weighted by molar-refractivity contribution is -0.147. The molecule has 6 heteroatoms. The molecule has 0 radical (unpaired) electrons. The highest BCUT2D eigenvalue weighted by Crippen LogP contribution is 2.30. The Bertz CT molecular complexity index is 576. The van der Waals surface area contributed by atoms with E-state index in [1.807, 2.05) is 17.9 Å². The van der Waals surface area contributed by atoms with Crippen molar-refractivity contribution in [2.45, 2.75) is 20.3 Å². The second-order valence-corrected chi connectivity index (χ2v) is 6.27. The fourth-order valence-corrected chi connectivity index (χ4v) is 2.76. The maximum absolute atomic E-state index is 12.0. The quantitative estimate of drug-likeness (QED) is 0.896. The van der Waals surface area contributed by atoms with Crippen LogP contribution in [0.15, 0.2) is 18.2 Å². The van der Waals surface area contributed by atoms with Crippen molar-refractivity contribution in [1.82, 2.24) is 4.90 Å². The molecular weight excluding hydrogens is 292 g/mol. The first-order chi connectivity index (χ1) is 9.80. The van der Waals surface area contributed by atoms with Gasteiger partial charge in [0.2, 0.25) is 5.91 Å². The summed E-state index contributed by atoms with van der Waals surface area (Å²) < 4.78 is 0. The summed E-state index contributed by atoms with van der Waals surface area (Å²) >= 11 is 6.07. The van der Waals surface area contributed by atoms with Crippen LogP contribution >= 0.6 is 11.6 Å². The van der Waals surface area contributed by atoms with Crippen molar-refractivity contribution in [2.24, 2.45) is 5.41 Å². The van der Waals surface area contributed by atoms with E-state index in [9.17, 15) is 14.7 Å². The van der Waals surface area contributed by atoms with E-state index in [0.717, 1.165) is 5.56 Å². The maximum atomic E-state index is 12.0. The van der Waals surface area contributed by atoms with Gasteiger partial charge in [-0.2, -0.15) is 0 Å². The molecule has 21 heavy (non-hydrogen) atoms. The third kappa shape index (κ3) is 3.74. The van der Waals surface area contributed by atoms with Crippen molar-refractivity contribution >= 4 is 29.2 Å². The first-order valence-corrected chi connectivity index (χ1v) is 7.20. The number of aryl methyl sites for hydroxylation is 1. The normalized spacial score (nSPS) is 22.2. The van der Waals surface area contributed by atoms with Crippen molar-refractivity contribution in [3.05, 3.63) is 28.8 Å². The second kappa shape index (κ2) is 6.03.